The van der Waals surface area contributed by atoms with Crippen LogP contribution in [0.15, 0.2) is 107 Å². The predicted molar refractivity (Wildman–Crippen MR) is 158 cm³/mol. The van der Waals surface area contributed by atoms with E-state index in [9.17, 15) is 4.79 Å². The Morgan fingerprint density at radius 2 is 1.61 bits per heavy atom. The molecule has 1 aliphatic heterocycles. The van der Waals surface area contributed by atoms with E-state index in [2.05, 4.69) is 0 Å². The Kier molecular flexibility index (Phi) is 8.18. The second-order valence-corrected chi connectivity index (χ2v) is 10.6. The zero-order chi connectivity index (χ0) is 26.5. The van der Waals surface area contributed by atoms with Gasteiger partial charge in [-0.25, -0.2) is 4.99 Å². The first-order valence-corrected chi connectivity index (χ1v) is 13.6. The lowest BCUT2D eigenvalue weighted by Crippen LogP contribution is -2.28. The van der Waals surface area contributed by atoms with Gasteiger partial charge in [0.2, 0.25) is 0 Å². The van der Waals surface area contributed by atoms with Crippen LogP contribution in [0.2, 0.25) is 10.0 Å². The van der Waals surface area contributed by atoms with Gasteiger partial charge >= 0.3 is 0 Å². The molecule has 0 aromatic heterocycles. The number of ether oxygens (including phenoxy) is 1. The first-order chi connectivity index (χ1) is 18.5. The van der Waals surface area contributed by atoms with Crippen molar-refractivity contribution in [1.29, 1.82) is 0 Å². The SMILES string of the molecule is Cc1ccc(N=C2S/C(=C/c3ccccc3OCc3ccc(Cl)c(Cl)c3)C(=O)N2Cc2ccccc2)cc1. The largest absolute Gasteiger partial charge is 0.488 e. The molecule has 0 spiro atoms. The number of nitrogens with zero attached hydrogens (tertiary/aromatic N) is 2. The van der Waals surface area contributed by atoms with Crippen LogP contribution in [-0.4, -0.2) is 16.0 Å². The maximum atomic E-state index is 13.6. The minimum absolute atomic E-state index is 0.0935. The van der Waals surface area contributed by atoms with E-state index >= 15 is 0 Å². The van der Waals surface area contributed by atoms with Gasteiger partial charge in [0.15, 0.2) is 5.17 Å². The van der Waals surface area contributed by atoms with Crippen LogP contribution in [-0.2, 0) is 17.9 Å². The van der Waals surface area contributed by atoms with Gasteiger partial charge in [0.25, 0.3) is 5.91 Å². The Bertz CT molecular complexity index is 1520. The van der Waals surface area contributed by atoms with Crippen molar-refractivity contribution < 1.29 is 9.53 Å². The third-order valence-electron chi connectivity index (χ3n) is 5.91. The summed E-state index contributed by atoms with van der Waals surface area (Å²) in [7, 11) is 0. The minimum atomic E-state index is -0.0935. The molecule has 5 rings (SSSR count). The van der Waals surface area contributed by atoms with Gasteiger partial charge in [-0.2, -0.15) is 0 Å². The van der Waals surface area contributed by atoms with Crippen molar-refractivity contribution in [3.63, 3.8) is 0 Å². The van der Waals surface area contributed by atoms with Crippen LogP contribution in [0, 0.1) is 6.92 Å². The molecular formula is C31H24Cl2N2O2S. The molecule has 7 heteroatoms. The number of rotatable bonds is 7. The molecule has 1 amide bonds. The van der Waals surface area contributed by atoms with Crippen molar-refractivity contribution in [3.8, 4) is 5.75 Å². The van der Waals surface area contributed by atoms with Crippen molar-refractivity contribution >= 4 is 57.8 Å². The molecule has 1 fully saturated rings. The highest BCUT2D eigenvalue weighted by Crippen LogP contribution is 2.36. The van der Waals surface area contributed by atoms with Crippen molar-refractivity contribution in [2.24, 2.45) is 4.99 Å². The number of aliphatic imine (C=N–C) groups is 1. The van der Waals surface area contributed by atoms with Gasteiger partial charge in [0.05, 0.1) is 27.2 Å². The van der Waals surface area contributed by atoms with E-state index in [1.54, 1.807) is 17.0 Å². The van der Waals surface area contributed by atoms with Crippen molar-refractivity contribution in [2.75, 3.05) is 0 Å². The summed E-state index contributed by atoms with van der Waals surface area (Å²) < 4.78 is 6.11. The Labute approximate surface area is 236 Å². The molecule has 0 N–H and O–H groups in total. The fraction of sp³-hybridized carbons (Fsp3) is 0.0968. The fourth-order valence-electron chi connectivity index (χ4n) is 3.89. The molecule has 4 aromatic rings. The number of thioether (sulfide) groups is 1. The molecule has 0 saturated carbocycles. The number of carbonyl (C=O) groups excluding carboxylic acids is 1. The molecule has 1 saturated heterocycles. The third-order valence-corrected chi connectivity index (χ3v) is 7.66. The third kappa shape index (κ3) is 6.30. The summed E-state index contributed by atoms with van der Waals surface area (Å²) in [4.78, 5) is 20.7. The second kappa shape index (κ2) is 11.9. The topological polar surface area (TPSA) is 41.9 Å². The van der Waals surface area contributed by atoms with Crippen LogP contribution in [0.5, 0.6) is 5.75 Å². The maximum absolute atomic E-state index is 13.6. The molecule has 4 aromatic carbocycles. The highest BCUT2D eigenvalue weighted by Gasteiger charge is 2.33. The number of para-hydroxylation sites is 1. The van der Waals surface area contributed by atoms with Crippen molar-refractivity contribution in [1.82, 2.24) is 4.90 Å². The fourth-order valence-corrected chi connectivity index (χ4v) is 5.20. The Balaban J connectivity index is 1.43. The highest BCUT2D eigenvalue weighted by atomic mass is 35.5. The number of hydrogen-bond donors (Lipinski definition) is 0. The summed E-state index contributed by atoms with van der Waals surface area (Å²) >= 11 is 13.6. The number of carbonyl (C=O) groups is 1. The Morgan fingerprint density at radius 1 is 0.868 bits per heavy atom. The average molecular weight is 560 g/mol. The van der Waals surface area contributed by atoms with Crippen LogP contribution in [0.25, 0.3) is 6.08 Å². The summed E-state index contributed by atoms with van der Waals surface area (Å²) in [5.74, 6) is 0.571. The van der Waals surface area contributed by atoms with E-state index in [4.69, 9.17) is 32.9 Å². The maximum Gasteiger partial charge on any atom is 0.267 e. The van der Waals surface area contributed by atoms with E-state index in [1.807, 2.05) is 97.9 Å². The summed E-state index contributed by atoms with van der Waals surface area (Å²) in [6.07, 6.45) is 1.87. The molecular weight excluding hydrogens is 535 g/mol. The Hall–Kier alpha value is -3.51. The lowest BCUT2D eigenvalue weighted by molar-refractivity contribution is -0.122. The van der Waals surface area contributed by atoms with E-state index < -0.39 is 0 Å². The Morgan fingerprint density at radius 3 is 2.37 bits per heavy atom. The van der Waals surface area contributed by atoms with Crippen LogP contribution >= 0.6 is 35.0 Å². The van der Waals surface area contributed by atoms with Gasteiger partial charge in [-0.05, 0) is 66.2 Å². The summed E-state index contributed by atoms with van der Waals surface area (Å²) in [6.45, 7) is 2.79. The average Bonchev–Trinajstić information content (AvgIpc) is 3.20. The number of aryl methyl sites for hydroxylation is 1. The van der Waals surface area contributed by atoms with Gasteiger partial charge in [-0.3, -0.25) is 9.69 Å². The summed E-state index contributed by atoms with van der Waals surface area (Å²) in [5, 5.41) is 1.62. The van der Waals surface area contributed by atoms with Gasteiger partial charge < -0.3 is 4.74 Å². The van der Waals surface area contributed by atoms with Gasteiger partial charge in [-0.15, -0.1) is 0 Å². The van der Waals surface area contributed by atoms with E-state index in [-0.39, 0.29) is 5.91 Å². The van der Waals surface area contributed by atoms with E-state index in [0.717, 1.165) is 27.9 Å². The van der Waals surface area contributed by atoms with Crippen molar-refractivity contribution in [2.45, 2.75) is 20.1 Å². The first-order valence-electron chi connectivity index (χ1n) is 12.0. The lowest BCUT2D eigenvalue weighted by Gasteiger charge is -2.15. The molecule has 190 valence electrons. The van der Waals surface area contributed by atoms with Crippen LogP contribution in [0.3, 0.4) is 0 Å². The standard InChI is InChI=1S/C31H24Cl2N2O2S/c1-21-11-14-25(15-12-21)34-31-35(19-22-7-3-2-4-8-22)30(36)29(38-31)18-24-9-5-6-10-28(24)37-20-23-13-16-26(32)27(33)17-23/h2-18H,19-20H2,1H3/b29-18+,34-31?. The van der Waals surface area contributed by atoms with Gasteiger partial charge in [-0.1, -0.05) is 95.5 Å². The molecule has 0 aliphatic carbocycles. The van der Waals surface area contributed by atoms with Crippen LogP contribution in [0.4, 0.5) is 5.69 Å². The smallest absolute Gasteiger partial charge is 0.267 e. The van der Waals surface area contributed by atoms with E-state index in [0.29, 0.717) is 39.0 Å². The molecule has 0 atom stereocenters. The number of amides is 1. The normalized spacial score (nSPS) is 15.4. The van der Waals surface area contributed by atoms with E-state index in [1.165, 1.54) is 11.8 Å². The summed E-state index contributed by atoms with van der Waals surface area (Å²) in [5.41, 5.74) is 4.69. The van der Waals surface area contributed by atoms with Gasteiger partial charge in [0.1, 0.15) is 12.4 Å². The molecule has 0 bridgehead atoms. The number of benzene rings is 4. The molecule has 4 nitrogen and oxygen atoms in total. The molecule has 1 heterocycles. The van der Waals surface area contributed by atoms with Crippen LogP contribution in [0.1, 0.15) is 22.3 Å². The molecule has 1 aliphatic rings. The quantitative estimate of drug-likeness (QED) is 0.213. The predicted octanol–water partition coefficient (Wildman–Crippen LogP) is 8.69. The zero-order valence-corrected chi connectivity index (χ0v) is 22.9. The first kappa shape index (κ1) is 26.1. The molecule has 38 heavy (non-hydrogen) atoms. The lowest BCUT2D eigenvalue weighted by atomic mass is 10.1. The zero-order valence-electron chi connectivity index (χ0n) is 20.6. The monoisotopic (exact) mass is 558 g/mol. The number of halogens is 2. The molecule has 0 radical (unpaired) electrons. The molecule has 0 unspecified atom stereocenters. The minimum Gasteiger partial charge on any atom is -0.488 e. The number of amidine groups is 1. The van der Waals surface area contributed by atoms with Crippen molar-refractivity contribution in [3.05, 3.63) is 134 Å². The van der Waals surface area contributed by atoms with Crippen LogP contribution < -0.4 is 4.74 Å². The second-order valence-electron chi connectivity index (χ2n) is 8.79. The summed E-state index contributed by atoms with van der Waals surface area (Å²) in [6, 6.07) is 30.9. The van der Waals surface area contributed by atoms with Gasteiger partial charge in [0, 0.05) is 5.56 Å². The number of hydrogen-bond acceptors (Lipinski definition) is 4. The highest BCUT2D eigenvalue weighted by molar-refractivity contribution is 8.18.